The Hall–Kier alpha value is -1.93. The lowest BCUT2D eigenvalue weighted by atomic mass is 10.1. The van der Waals surface area contributed by atoms with Crippen LogP contribution in [-0.2, 0) is 19.6 Å². The van der Waals surface area contributed by atoms with E-state index in [2.05, 4.69) is 10.0 Å². The molecule has 0 radical (unpaired) electrons. The number of benzene rings is 1. The van der Waals surface area contributed by atoms with Crippen molar-refractivity contribution in [3.05, 3.63) is 29.3 Å². The molecule has 2 N–H and O–H groups in total. The molecule has 1 aromatic carbocycles. The van der Waals surface area contributed by atoms with Crippen LogP contribution in [0.15, 0.2) is 23.1 Å². The number of amides is 2. The zero-order chi connectivity index (χ0) is 19.5. The van der Waals surface area contributed by atoms with Crippen molar-refractivity contribution >= 4 is 21.8 Å². The van der Waals surface area contributed by atoms with Crippen LogP contribution in [0.2, 0.25) is 0 Å². The summed E-state index contributed by atoms with van der Waals surface area (Å²) in [5.74, 6) is -0.608. The standard InChI is InChI=1S/C18H27N3O4S/c1-12(2)21-11-15(10-17(21)22)18(23)19-7-8-20-26(24,25)16-9-13(3)5-6-14(16)4/h5-6,9,12,15,20H,7-8,10-11H2,1-4H3,(H,19,23). The molecule has 2 amide bonds. The second-order valence-electron chi connectivity index (χ2n) is 7.00. The molecule has 1 saturated heterocycles. The average Bonchev–Trinajstić information content (AvgIpc) is 2.96. The normalized spacial score (nSPS) is 17.8. The molecule has 1 atom stereocenters. The van der Waals surface area contributed by atoms with E-state index in [0.29, 0.717) is 12.1 Å². The summed E-state index contributed by atoms with van der Waals surface area (Å²) >= 11 is 0. The lowest BCUT2D eigenvalue weighted by molar-refractivity contribution is -0.129. The van der Waals surface area contributed by atoms with E-state index in [-0.39, 0.29) is 48.2 Å². The molecule has 7 nitrogen and oxygen atoms in total. The van der Waals surface area contributed by atoms with Gasteiger partial charge in [0.1, 0.15) is 0 Å². The van der Waals surface area contributed by atoms with Gasteiger partial charge in [0.05, 0.1) is 10.8 Å². The van der Waals surface area contributed by atoms with E-state index in [0.717, 1.165) is 5.56 Å². The first-order valence-corrected chi connectivity index (χ1v) is 10.2. The van der Waals surface area contributed by atoms with Crippen LogP contribution < -0.4 is 10.0 Å². The van der Waals surface area contributed by atoms with Gasteiger partial charge in [-0.25, -0.2) is 13.1 Å². The molecule has 0 aromatic heterocycles. The second-order valence-corrected chi connectivity index (χ2v) is 8.73. The SMILES string of the molecule is Cc1ccc(C)c(S(=O)(=O)NCCNC(=O)C2CC(=O)N(C(C)C)C2)c1. The van der Waals surface area contributed by atoms with Crippen molar-refractivity contribution in [1.29, 1.82) is 0 Å². The van der Waals surface area contributed by atoms with Crippen molar-refractivity contribution < 1.29 is 18.0 Å². The third-order valence-corrected chi connectivity index (χ3v) is 6.11. The zero-order valence-electron chi connectivity index (χ0n) is 15.7. The van der Waals surface area contributed by atoms with Gasteiger partial charge in [-0.1, -0.05) is 12.1 Å². The highest BCUT2D eigenvalue weighted by Gasteiger charge is 2.35. The lowest BCUT2D eigenvalue weighted by Crippen LogP contribution is -2.39. The first-order chi connectivity index (χ1) is 12.1. The molecule has 8 heteroatoms. The lowest BCUT2D eigenvalue weighted by Gasteiger charge is -2.20. The zero-order valence-corrected chi connectivity index (χ0v) is 16.5. The van der Waals surface area contributed by atoms with Gasteiger partial charge in [-0.05, 0) is 44.9 Å². The van der Waals surface area contributed by atoms with Gasteiger partial charge in [-0.2, -0.15) is 0 Å². The maximum absolute atomic E-state index is 12.4. The van der Waals surface area contributed by atoms with Gasteiger partial charge in [0.25, 0.3) is 0 Å². The van der Waals surface area contributed by atoms with Crippen LogP contribution in [0, 0.1) is 19.8 Å². The quantitative estimate of drug-likeness (QED) is 0.688. The number of carbonyl (C=O) groups excluding carboxylic acids is 2. The molecule has 1 aliphatic rings. The van der Waals surface area contributed by atoms with Gasteiger partial charge in [0.15, 0.2) is 0 Å². The minimum Gasteiger partial charge on any atom is -0.354 e. The summed E-state index contributed by atoms with van der Waals surface area (Å²) in [4.78, 5) is 26.0. The van der Waals surface area contributed by atoms with E-state index in [4.69, 9.17) is 0 Å². The summed E-state index contributed by atoms with van der Waals surface area (Å²) in [6, 6.07) is 5.33. The summed E-state index contributed by atoms with van der Waals surface area (Å²) < 4.78 is 27.3. The number of likely N-dealkylation sites (tertiary alicyclic amines) is 1. The summed E-state index contributed by atoms with van der Waals surface area (Å²) in [6.45, 7) is 8.09. The first kappa shape index (κ1) is 20.4. The van der Waals surface area contributed by atoms with E-state index in [1.807, 2.05) is 26.8 Å². The number of rotatable bonds is 7. The predicted octanol–water partition coefficient (Wildman–Crippen LogP) is 0.955. The maximum Gasteiger partial charge on any atom is 0.240 e. The number of hydrogen-bond acceptors (Lipinski definition) is 4. The van der Waals surface area contributed by atoms with Crippen LogP contribution in [0.25, 0.3) is 0 Å². The van der Waals surface area contributed by atoms with E-state index in [1.54, 1.807) is 24.0 Å². The molecular formula is C18H27N3O4S. The minimum absolute atomic E-state index is 0.0178. The number of nitrogens with one attached hydrogen (secondary N) is 2. The van der Waals surface area contributed by atoms with Crippen LogP contribution in [-0.4, -0.2) is 50.8 Å². The minimum atomic E-state index is -3.62. The van der Waals surface area contributed by atoms with Crippen LogP contribution >= 0.6 is 0 Å². The van der Waals surface area contributed by atoms with Crippen LogP contribution in [0.3, 0.4) is 0 Å². The molecule has 0 spiro atoms. The van der Waals surface area contributed by atoms with E-state index >= 15 is 0 Å². The highest BCUT2D eigenvalue weighted by Crippen LogP contribution is 2.20. The molecule has 0 aliphatic carbocycles. The third kappa shape index (κ3) is 4.82. The van der Waals surface area contributed by atoms with Gasteiger partial charge in [-0.3, -0.25) is 9.59 Å². The first-order valence-electron chi connectivity index (χ1n) is 8.76. The van der Waals surface area contributed by atoms with Crippen molar-refractivity contribution in [2.24, 2.45) is 5.92 Å². The Bertz CT molecular complexity index is 790. The molecular weight excluding hydrogens is 354 g/mol. The fraction of sp³-hybridized carbons (Fsp3) is 0.556. The summed E-state index contributed by atoms with van der Waals surface area (Å²) in [5, 5.41) is 2.71. The molecule has 0 bridgehead atoms. The van der Waals surface area contributed by atoms with Crippen LogP contribution in [0.1, 0.15) is 31.4 Å². The van der Waals surface area contributed by atoms with Crippen molar-refractivity contribution in [3.8, 4) is 0 Å². The average molecular weight is 381 g/mol. The molecule has 1 aromatic rings. The molecule has 1 heterocycles. The fourth-order valence-corrected chi connectivity index (χ4v) is 4.36. The van der Waals surface area contributed by atoms with E-state index in [9.17, 15) is 18.0 Å². The Morgan fingerprint density at radius 2 is 1.96 bits per heavy atom. The second kappa shape index (κ2) is 8.18. The van der Waals surface area contributed by atoms with Crippen molar-refractivity contribution in [2.75, 3.05) is 19.6 Å². The number of aryl methyl sites for hydroxylation is 2. The van der Waals surface area contributed by atoms with E-state index < -0.39 is 10.0 Å². The molecule has 1 unspecified atom stereocenters. The number of carbonyl (C=O) groups is 2. The van der Waals surface area contributed by atoms with Crippen molar-refractivity contribution in [1.82, 2.24) is 14.9 Å². The Kier molecular flexibility index (Phi) is 6.41. The van der Waals surface area contributed by atoms with Gasteiger partial charge in [0.2, 0.25) is 21.8 Å². The van der Waals surface area contributed by atoms with Gasteiger partial charge < -0.3 is 10.2 Å². The van der Waals surface area contributed by atoms with Crippen molar-refractivity contribution in [3.63, 3.8) is 0 Å². The molecule has 0 saturated carbocycles. The van der Waals surface area contributed by atoms with E-state index in [1.165, 1.54) is 0 Å². The van der Waals surface area contributed by atoms with Gasteiger partial charge in [0, 0.05) is 32.1 Å². The highest BCUT2D eigenvalue weighted by atomic mass is 32.2. The van der Waals surface area contributed by atoms with Crippen molar-refractivity contribution in [2.45, 2.75) is 45.1 Å². The molecule has 144 valence electrons. The molecule has 2 rings (SSSR count). The summed E-state index contributed by atoms with van der Waals surface area (Å²) in [7, 11) is -3.62. The van der Waals surface area contributed by atoms with Crippen LogP contribution in [0.5, 0.6) is 0 Å². The summed E-state index contributed by atoms with van der Waals surface area (Å²) in [6.07, 6.45) is 0.207. The Morgan fingerprint density at radius 1 is 1.27 bits per heavy atom. The Balaban J connectivity index is 1.84. The maximum atomic E-state index is 12.4. The molecule has 1 fully saturated rings. The number of hydrogen-bond donors (Lipinski definition) is 2. The number of sulfonamides is 1. The monoisotopic (exact) mass is 381 g/mol. The fourth-order valence-electron chi connectivity index (χ4n) is 3.00. The molecule has 1 aliphatic heterocycles. The van der Waals surface area contributed by atoms with Gasteiger partial charge >= 0.3 is 0 Å². The largest absolute Gasteiger partial charge is 0.354 e. The topological polar surface area (TPSA) is 95.6 Å². The Morgan fingerprint density at radius 3 is 2.58 bits per heavy atom. The molecule has 26 heavy (non-hydrogen) atoms. The summed E-state index contributed by atoms with van der Waals surface area (Å²) in [5.41, 5.74) is 1.54. The van der Waals surface area contributed by atoms with Crippen LogP contribution in [0.4, 0.5) is 0 Å². The highest BCUT2D eigenvalue weighted by molar-refractivity contribution is 7.89. The predicted molar refractivity (Wildman–Crippen MR) is 99.1 cm³/mol. The van der Waals surface area contributed by atoms with Gasteiger partial charge in [-0.15, -0.1) is 0 Å². The Labute approximate surface area is 155 Å². The third-order valence-electron chi connectivity index (χ3n) is 4.50. The number of nitrogens with zero attached hydrogens (tertiary/aromatic N) is 1. The smallest absolute Gasteiger partial charge is 0.240 e.